The zero-order valence-electron chi connectivity index (χ0n) is 17.1. The van der Waals surface area contributed by atoms with Crippen molar-refractivity contribution in [3.8, 4) is 0 Å². The molecule has 0 spiro atoms. The van der Waals surface area contributed by atoms with Gasteiger partial charge in [-0.2, -0.15) is 0 Å². The predicted octanol–water partition coefficient (Wildman–Crippen LogP) is 6.42. The second-order valence-electron chi connectivity index (χ2n) is 9.23. The van der Waals surface area contributed by atoms with Crippen molar-refractivity contribution in [1.82, 2.24) is 0 Å². The molecule has 4 heteroatoms. The molecule has 0 radical (unpaired) electrons. The molecule has 0 aromatic carbocycles. The molecule has 2 saturated carbocycles. The molecule has 27 heavy (non-hydrogen) atoms. The van der Waals surface area contributed by atoms with Gasteiger partial charge in [0, 0.05) is 0 Å². The highest BCUT2D eigenvalue weighted by atomic mass is 16.4. The van der Waals surface area contributed by atoms with E-state index >= 15 is 0 Å². The monoisotopic (exact) mass is 380 g/mol. The van der Waals surface area contributed by atoms with E-state index in [9.17, 15) is 9.59 Å². The second kappa shape index (κ2) is 11.7. The summed E-state index contributed by atoms with van der Waals surface area (Å²) in [7, 11) is 0. The van der Waals surface area contributed by atoms with Gasteiger partial charge in [0.2, 0.25) is 0 Å². The molecule has 0 atom stereocenters. The highest BCUT2D eigenvalue weighted by Gasteiger charge is 2.56. The molecule has 0 amide bonds. The average Bonchev–Trinajstić information content (AvgIpc) is 2.57. The summed E-state index contributed by atoms with van der Waals surface area (Å²) in [6, 6.07) is 0. The van der Waals surface area contributed by atoms with Crippen LogP contribution in [0, 0.1) is 17.3 Å². The minimum Gasteiger partial charge on any atom is -0.480 e. The fourth-order valence-corrected chi connectivity index (χ4v) is 5.15. The Morgan fingerprint density at radius 1 is 0.630 bits per heavy atom. The fourth-order valence-electron chi connectivity index (χ4n) is 5.15. The Labute approximate surface area is 165 Å². The van der Waals surface area contributed by atoms with Gasteiger partial charge in [-0.05, 0) is 24.7 Å². The molecule has 156 valence electrons. The largest absolute Gasteiger partial charge is 0.480 e. The summed E-state index contributed by atoms with van der Waals surface area (Å²) in [5, 5.41) is 18.3. The molecule has 2 N–H and O–H groups in total. The third-order valence-electron chi connectivity index (χ3n) is 7.04. The van der Waals surface area contributed by atoms with Crippen molar-refractivity contribution in [3.05, 3.63) is 0 Å². The van der Waals surface area contributed by atoms with Gasteiger partial charge in [-0.3, -0.25) is 9.59 Å². The van der Waals surface area contributed by atoms with Gasteiger partial charge in [-0.15, -0.1) is 0 Å². The first-order valence-electron chi connectivity index (χ1n) is 11.5. The summed E-state index contributed by atoms with van der Waals surface area (Å²) in [4.78, 5) is 22.4. The number of carbonyl (C=O) groups is 2. The number of hydrogen-bond donors (Lipinski definition) is 2. The molecular weight excluding hydrogens is 340 g/mol. The molecule has 2 fully saturated rings. The SMILES string of the molecule is O=C(O)C1(C(=O)O)CC(CCCCCC2CCCCCCCCCCC2)C1. The van der Waals surface area contributed by atoms with Crippen molar-refractivity contribution in [3.63, 3.8) is 0 Å². The molecule has 0 aromatic rings. The molecule has 4 nitrogen and oxygen atoms in total. The van der Waals surface area contributed by atoms with E-state index in [0.29, 0.717) is 18.8 Å². The van der Waals surface area contributed by atoms with Crippen molar-refractivity contribution < 1.29 is 19.8 Å². The third kappa shape index (κ3) is 7.12. The molecule has 0 unspecified atom stereocenters. The van der Waals surface area contributed by atoms with Crippen molar-refractivity contribution >= 4 is 11.9 Å². The Kier molecular flexibility index (Phi) is 9.64. The van der Waals surface area contributed by atoms with Crippen LogP contribution in [0.5, 0.6) is 0 Å². The topological polar surface area (TPSA) is 74.6 Å². The molecule has 0 bridgehead atoms. The second-order valence-corrected chi connectivity index (χ2v) is 9.23. The predicted molar refractivity (Wildman–Crippen MR) is 108 cm³/mol. The maximum atomic E-state index is 11.2. The zero-order chi connectivity index (χ0) is 19.5. The lowest BCUT2D eigenvalue weighted by atomic mass is 9.60. The number of unbranched alkanes of at least 4 members (excludes halogenated alkanes) is 2. The Hall–Kier alpha value is -1.06. The molecular formula is C23H40O4. The first-order chi connectivity index (χ1) is 13.0. The molecule has 2 aliphatic rings. The van der Waals surface area contributed by atoms with E-state index in [2.05, 4.69) is 0 Å². The van der Waals surface area contributed by atoms with Crippen LogP contribution in [-0.4, -0.2) is 22.2 Å². The summed E-state index contributed by atoms with van der Waals surface area (Å²) in [6.07, 6.45) is 22.1. The third-order valence-corrected chi connectivity index (χ3v) is 7.04. The Bertz CT molecular complexity index is 425. The van der Waals surface area contributed by atoms with E-state index in [1.165, 1.54) is 89.9 Å². The smallest absolute Gasteiger partial charge is 0.321 e. The maximum absolute atomic E-state index is 11.2. The lowest BCUT2D eigenvalue weighted by molar-refractivity contribution is -0.175. The highest BCUT2D eigenvalue weighted by Crippen LogP contribution is 2.48. The quantitative estimate of drug-likeness (QED) is 0.376. The number of carboxylic acids is 2. The lowest BCUT2D eigenvalue weighted by Gasteiger charge is -2.41. The van der Waals surface area contributed by atoms with Crippen LogP contribution in [-0.2, 0) is 9.59 Å². The summed E-state index contributed by atoms with van der Waals surface area (Å²) in [5.74, 6) is -1.12. The fraction of sp³-hybridized carbons (Fsp3) is 0.913. The van der Waals surface area contributed by atoms with Gasteiger partial charge in [-0.25, -0.2) is 0 Å². The summed E-state index contributed by atoms with van der Waals surface area (Å²) in [6.45, 7) is 0. The number of rotatable bonds is 8. The maximum Gasteiger partial charge on any atom is 0.321 e. The summed E-state index contributed by atoms with van der Waals surface area (Å²) < 4.78 is 0. The van der Waals surface area contributed by atoms with E-state index in [1.54, 1.807) is 0 Å². The standard InChI is InChI=1S/C23H40O4/c24-21(25)23(22(26)27)17-20(18-23)16-12-8-11-15-19-13-9-6-4-2-1-3-5-7-10-14-19/h19-20H,1-18H2,(H,24,25)(H,26,27). The van der Waals surface area contributed by atoms with Gasteiger partial charge in [-0.1, -0.05) is 103 Å². The van der Waals surface area contributed by atoms with Gasteiger partial charge in [0.1, 0.15) is 0 Å². The van der Waals surface area contributed by atoms with Crippen LogP contribution < -0.4 is 0 Å². The minimum absolute atomic E-state index is 0.290. The van der Waals surface area contributed by atoms with Crippen molar-refractivity contribution in [2.45, 2.75) is 116 Å². The first kappa shape index (κ1) is 22.2. The Morgan fingerprint density at radius 3 is 1.48 bits per heavy atom. The average molecular weight is 381 g/mol. The highest BCUT2D eigenvalue weighted by molar-refractivity contribution is 5.99. The number of hydrogen-bond acceptors (Lipinski definition) is 2. The van der Waals surface area contributed by atoms with Crippen LogP contribution in [0.15, 0.2) is 0 Å². The molecule has 0 saturated heterocycles. The van der Waals surface area contributed by atoms with Gasteiger partial charge in [0.15, 0.2) is 5.41 Å². The summed E-state index contributed by atoms with van der Waals surface area (Å²) >= 11 is 0. The normalized spacial score (nSPS) is 23.0. The number of carboxylic acid groups (broad SMARTS) is 2. The molecule has 2 rings (SSSR count). The van der Waals surface area contributed by atoms with Crippen molar-refractivity contribution in [1.29, 1.82) is 0 Å². The Balaban J connectivity index is 1.57. The van der Waals surface area contributed by atoms with Gasteiger partial charge >= 0.3 is 11.9 Å². The first-order valence-corrected chi connectivity index (χ1v) is 11.5. The van der Waals surface area contributed by atoms with Crippen LogP contribution in [0.3, 0.4) is 0 Å². The van der Waals surface area contributed by atoms with E-state index in [-0.39, 0.29) is 0 Å². The minimum atomic E-state index is -1.49. The van der Waals surface area contributed by atoms with Crippen molar-refractivity contribution in [2.75, 3.05) is 0 Å². The zero-order valence-corrected chi connectivity index (χ0v) is 17.1. The van der Waals surface area contributed by atoms with Gasteiger partial charge < -0.3 is 10.2 Å². The van der Waals surface area contributed by atoms with E-state index in [1.807, 2.05) is 0 Å². The Morgan fingerprint density at radius 2 is 1.04 bits per heavy atom. The van der Waals surface area contributed by atoms with Crippen LogP contribution in [0.2, 0.25) is 0 Å². The number of aliphatic carboxylic acids is 2. The van der Waals surface area contributed by atoms with E-state index < -0.39 is 17.4 Å². The lowest BCUT2D eigenvalue weighted by Crippen LogP contribution is -2.49. The molecule has 0 aromatic heterocycles. The molecule has 2 aliphatic carbocycles. The molecule has 0 heterocycles. The van der Waals surface area contributed by atoms with Gasteiger partial charge in [0.05, 0.1) is 0 Å². The van der Waals surface area contributed by atoms with Gasteiger partial charge in [0.25, 0.3) is 0 Å². The van der Waals surface area contributed by atoms with Crippen LogP contribution in [0.1, 0.15) is 116 Å². The van der Waals surface area contributed by atoms with Crippen LogP contribution in [0.4, 0.5) is 0 Å². The van der Waals surface area contributed by atoms with Crippen LogP contribution in [0.25, 0.3) is 0 Å². The van der Waals surface area contributed by atoms with E-state index in [4.69, 9.17) is 10.2 Å². The summed E-state index contributed by atoms with van der Waals surface area (Å²) in [5.41, 5.74) is -1.49. The van der Waals surface area contributed by atoms with Crippen molar-refractivity contribution in [2.24, 2.45) is 17.3 Å². The van der Waals surface area contributed by atoms with Crippen LogP contribution >= 0.6 is 0 Å². The van der Waals surface area contributed by atoms with E-state index in [0.717, 1.165) is 18.8 Å². The molecule has 0 aliphatic heterocycles.